The second-order valence-electron chi connectivity index (χ2n) is 3.35. The first-order chi connectivity index (χ1) is 8.13. The summed E-state index contributed by atoms with van der Waals surface area (Å²) in [7, 11) is 3.09. The molecule has 2 N–H and O–H groups in total. The minimum absolute atomic E-state index is 0.0739. The molecule has 0 spiro atoms. The third-order valence-electron chi connectivity index (χ3n) is 2.24. The topological polar surface area (TPSA) is 95.9 Å². The molecular formula is C10H11N5O2. The van der Waals surface area contributed by atoms with Gasteiger partial charge in [0.15, 0.2) is 11.6 Å². The van der Waals surface area contributed by atoms with Gasteiger partial charge in [0.2, 0.25) is 0 Å². The number of rotatable bonds is 2. The molecule has 0 atom stereocenters. The van der Waals surface area contributed by atoms with Crippen LogP contribution in [0.5, 0.6) is 0 Å². The number of ether oxygens (including phenoxy) is 1. The Bertz CT molecular complexity index is 564. The predicted molar refractivity (Wildman–Crippen MR) is 60.0 cm³/mol. The molecule has 0 aromatic carbocycles. The van der Waals surface area contributed by atoms with E-state index in [-0.39, 0.29) is 11.4 Å². The first-order valence-corrected chi connectivity index (χ1v) is 4.82. The highest BCUT2D eigenvalue weighted by Crippen LogP contribution is 2.15. The highest BCUT2D eigenvalue weighted by molar-refractivity contribution is 5.93. The van der Waals surface area contributed by atoms with E-state index in [2.05, 4.69) is 19.7 Å². The fourth-order valence-electron chi connectivity index (χ4n) is 1.35. The molecule has 2 aromatic heterocycles. The lowest BCUT2D eigenvalue weighted by Crippen LogP contribution is -2.09. The zero-order chi connectivity index (χ0) is 12.4. The van der Waals surface area contributed by atoms with Gasteiger partial charge in [-0.3, -0.25) is 0 Å². The average Bonchev–Trinajstić information content (AvgIpc) is 2.74. The molecule has 0 radical (unpaired) electrons. The zero-order valence-electron chi connectivity index (χ0n) is 9.41. The minimum Gasteiger partial charge on any atom is -0.465 e. The quantitative estimate of drug-likeness (QED) is 0.747. The van der Waals surface area contributed by atoms with E-state index in [4.69, 9.17) is 5.73 Å². The first-order valence-electron chi connectivity index (χ1n) is 4.82. The third-order valence-corrected chi connectivity index (χ3v) is 2.24. The summed E-state index contributed by atoms with van der Waals surface area (Å²) in [4.78, 5) is 23.4. The number of methoxy groups -OCH3 is 1. The number of anilines is 1. The highest BCUT2D eigenvalue weighted by atomic mass is 16.5. The lowest BCUT2D eigenvalue weighted by Gasteiger charge is -2.04. The van der Waals surface area contributed by atoms with E-state index in [1.807, 2.05) is 7.05 Å². The van der Waals surface area contributed by atoms with Gasteiger partial charge in [0.1, 0.15) is 11.4 Å². The van der Waals surface area contributed by atoms with E-state index >= 15 is 0 Å². The van der Waals surface area contributed by atoms with Crippen LogP contribution in [0.2, 0.25) is 0 Å². The number of nitrogens with two attached hydrogens (primary N) is 1. The van der Waals surface area contributed by atoms with Gasteiger partial charge in [-0.15, -0.1) is 0 Å². The number of esters is 1. The molecule has 0 fully saturated rings. The molecule has 88 valence electrons. The Morgan fingerprint density at radius 3 is 2.76 bits per heavy atom. The Hall–Kier alpha value is -2.44. The Balaban J connectivity index is 2.44. The number of carbonyl (C=O) groups excluding carboxylic acids is 1. The third kappa shape index (κ3) is 1.94. The van der Waals surface area contributed by atoms with Crippen molar-refractivity contribution in [1.29, 1.82) is 0 Å². The molecule has 0 aliphatic carbocycles. The number of carbonyl (C=O) groups is 1. The molecule has 0 unspecified atom stereocenters. The molecule has 0 aliphatic rings. The van der Waals surface area contributed by atoms with E-state index in [1.54, 1.807) is 17.0 Å². The predicted octanol–water partition coefficient (Wildman–Crippen LogP) is 0.246. The maximum absolute atomic E-state index is 11.3. The smallest absolute Gasteiger partial charge is 0.343 e. The molecule has 7 nitrogen and oxygen atoms in total. The SMILES string of the molecule is COC(=O)c1cnc(-c2nccn2C)nc1N. The summed E-state index contributed by atoms with van der Waals surface area (Å²) in [5.41, 5.74) is 5.81. The van der Waals surface area contributed by atoms with Crippen LogP contribution in [0.3, 0.4) is 0 Å². The highest BCUT2D eigenvalue weighted by Gasteiger charge is 2.14. The second-order valence-corrected chi connectivity index (χ2v) is 3.35. The van der Waals surface area contributed by atoms with Crippen LogP contribution in [0.1, 0.15) is 10.4 Å². The van der Waals surface area contributed by atoms with Crippen molar-refractivity contribution >= 4 is 11.8 Å². The second kappa shape index (κ2) is 4.20. The van der Waals surface area contributed by atoms with Crippen molar-refractivity contribution in [2.75, 3.05) is 12.8 Å². The van der Waals surface area contributed by atoms with E-state index in [1.165, 1.54) is 13.3 Å². The number of hydrogen-bond acceptors (Lipinski definition) is 6. The largest absolute Gasteiger partial charge is 0.465 e. The lowest BCUT2D eigenvalue weighted by molar-refractivity contribution is 0.0601. The maximum Gasteiger partial charge on any atom is 0.343 e. The summed E-state index contributed by atoms with van der Waals surface area (Å²) in [5.74, 6) is 0.453. The molecular weight excluding hydrogens is 222 g/mol. The fraction of sp³-hybridized carbons (Fsp3) is 0.200. The first kappa shape index (κ1) is 11.1. The van der Waals surface area contributed by atoms with Crippen molar-refractivity contribution in [3.63, 3.8) is 0 Å². The molecule has 2 rings (SSSR count). The van der Waals surface area contributed by atoms with Crippen LogP contribution in [0.25, 0.3) is 11.6 Å². The van der Waals surface area contributed by atoms with Crippen LogP contribution in [0.15, 0.2) is 18.6 Å². The molecule has 7 heteroatoms. The molecule has 0 saturated heterocycles. The maximum atomic E-state index is 11.3. The van der Waals surface area contributed by atoms with Crippen LogP contribution in [-0.4, -0.2) is 32.6 Å². The van der Waals surface area contributed by atoms with Crippen LogP contribution >= 0.6 is 0 Å². The van der Waals surface area contributed by atoms with Crippen molar-refractivity contribution in [2.24, 2.45) is 7.05 Å². The van der Waals surface area contributed by atoms with Crippen LogP contribution in [-0.2, 0) is 11.8 Å². The molecule has 2 aromatic rings. The van der Waals surface area contributed by atoms with Crippen molar-refractivity contribution < 1.29 is 9.53 Å². The van der Waals surface area contributed by atoms with Crippen LogP contribution < -0.4 is 5.73 Å². The van der Waals surface area contributed by atoms with E-state index < -0.39 is 5.97 Å². The molecule has 0 amide bonds. The summed E-state index contributed by atoms with van der Waals surface area (Å²) in [5, 5.41) is 0. The van der Waals surface area contributed by atoms with Crippen molar-refractivity contribution in [1.82, 2.24) is 19.5 Å². The van der Waals surface area contributed by atoms with Crippen molar-refractivity contribution in [3.05, 3.63) is 24.2 Å². The number of nitrogens with zero attached hydrogens (tertiary/aromatic N) is 4. The van der Waals surface area contributed by atoms with Crippen LogP contribution in [0.4, 0.5) is 5.82 Å². The van der Waals surface area contributed by atoms with Gasteiger partial charge in [-0.1, -0.05) is 0 Å². The van der Waals surface area contributed by atoms with Gasteiger partial charge >= 0.3 is 5.97 Å². The molecule has 0 bridgehead atoms. The lowest BCUT2D eigenvalue weighted by atomic mass is 10.3. The molecule has 0 aliphatic heterocycles. The van der Waals surface area contributed by atoms with E-state index in [0.717, 1.165) is 0 Å². The number of hydrogen-bond donors (Lipinski definition) is 1. The summed E-state index contributed by atoms with van der Waals surface area (Å²) in [6.07, 6.45) is 4.73. The van der Waals surface area contributed by atoms with Gasteiger partial charge in [-0.25, -0.2) is 19.7 Å². The van der Waals surface area contributed by atoms with Crippen molar-refractivity contribution in [3.8, 4) is 11.6 Å². The monoisotopic (exact) mass is 233 g/mol. The Morgan fingerprint density at radius 2 is 2.24 bits per heavy atom. The molecule has 0 saturated carbocycles. The number of nitrogen functional groups attached to an aromatic ring is 1. The Kier molecular flexibility index (Phi) is 2.73. The average molecular weight is 233 g/mol. The van der Waals surface area contributed by atoms with Gasteiger partial charge in [-0.05, 0) is 0 Å². The summed E-state index contributed by atoms with van der Waals surface area (Å²) < 4.78 is 6.31. The fourth-order valence-corrected chi connectivity index (χ4v) is 1.35. The Morgan fingerprint density at radius 1 is 1.47 bits per heavy atom. The van der Waals surface area contributed by atoms with E-state index in [9.17, 15) is 4.79 Å². The number of imidazole rings is 1. The van der Waals surface area contributed by atoms with Gasteiger partial charge in [0.05, 0.1) is 7.11 Å². The summed E-state index contributed by atoms with van der Waals surface area (Å²) in [6.45, 7) is 0. The number of aryl methyl sites for hydroxylation is 1. The van der Waals surface area contributed by atoms with Gasteiger partial charge in [-0.2, -0.15) is 0 Å². The Labute approximate surface area is 97.3 Å². The summed E-state index contributed by atoms with van der Waals surface area (Å²) >= 11 is 0. The minimum atomic E-state index is -0.561. The molecule has 17 heavy (non-hydrogen) atoms. The normalized spacial score (nSPS) is 10.2. The zero-order valence-corrected chi connectivity index (χ0v) is 9.41. The summed E-state index contributed by atoms with van der Waals surface area (Å²) in [6, 6.07) is 0. The van der Waals surface area contributed by atoms with Gasteiger partial charge < -0.3 is 15.0 Å². The number of aromatic nitrogens is 4. The van der Waals surface area contributed by atoms with Crippen LogP contribution in [0, 0.1) is 0 Å². The molecule has 2 heterocycles. The van der Waals surface area contributed by atoms with E-state index in [0.29, 0.717) is 11.6 Å². The van der Waals surface area contributed by atoms with Gasteiger partial charge in [0, 0.05) is 25.6 Å². The van der Waals surface area contributed by atoms with Crippen molar-refractivity contribution in [2.45, 2.75) is 0 Å². The van der Waals surface area contributed by atoms with Gasteiger partial charge in [0.25, 0.3) is 0 Å². The standard InChI is InChI=1S/C10H11N5O2/c1-15-4-3-12-9(15)8-13-5-6(7(11)14-8)10(16)17-2/h3-5H,1-2H3,(H2,11,13,14).